The maximum absolute atomic E-state index is 12.2. The first-order valence-corrected chi connectivity index (χ1v) is 7.36. The van der Waals surface area contributed by atoms with E-state index >= 15 is 0 Å². The van der Waals surface area contributed by atoms with Gasteiger partial charge >= 0.3 is 0 Å². The van der Waals surface area contributed by atoms with Crippen LogP contribution in [0.15, 0.2) is 30.3 Å². The number of nitrogens with zero attached hydrogens (tertiary/aromatic N) is 1. The quantitative estimate of drug-likeness (QED) is 0.864. The SMILES string of the molecule is COC[C@H](NCC(=O)N1CCCCC1)c1ccccc1. The summed E-state index contributed by atoms with van der Waals surface area (Å²) in [7, 11) is 1.68. The Kier molecular flexibility index (Phi) is 6.02. The molecule has 1 heterocycles. The summed E-state index contributed by atoms with van der Waals surface area (Å²) in [5.74, 6) is 0.196. The van der Waals surface area contributed by atoms with Gasteiger partial charge in [0.1, 0.15) is 0 Å². The molecule has 1 saturated heterocycles. The predicted molar refractivity (Wildman–Crippen MR) is 79.5 cm³/mol. The smallest absolute Gasteiger partial charge is 0.236 e. The number of carbonyl (C=O) groups excluding carboxylic acids is 1. The highest BCUT2D eigenvalue weighted by Gasteiger charge is 2.18. The van der Waals surface area contributed by atoms with E-state index in [1.807, 2.05) is 23.1 Å². The molecule has 1 aliphatic rings. The molecule has 4 nitrogen and oxygen atoms in total. The largest absolute Gasteiger partial charge is 0.383 e. The number of methoxy groups -OCH3 is 1. The first-order valence-electron chi connectivity index (χ1n) is 7.36. The molecule has 110 valence electrons. The first kappa shape index (κ1) is 15.0. The molecule has 0 radical (unpaired) electrons. The molecule has 20 heavy (non-hydrogen) atoms. The number of hydrogen-bond donors (Lipinski definition) is 1. The number of ether oxygens (including phenoxy) is 1. The van der Waals surface area contributed by atoms with Crippen LogP contribution in [0.3, 0.4) is 0 Å². The normalized spacial score (nSPS) is 16.9. The minimum absolute atomic E-state index is 0.0648. The van der Waals surface area contributed by atoms with Gasteiger partial charge in [0.2, 0.25) is 5.91 Å². The van der Waals surface area contributed by atoms with E-state index in [-0.39, 0.29) is 11.9 Å². The van der Waals surface area contributed by atoms with Gasteiger partial charge in [-0.05, 0) is 24.8 Å². The van der Waals surface area contributed by atoms with Crippen molar-refractivity contribution < 1.29 is 9.53 Å². The highest BCUT2D eigenvalue weighted by molar-refractivity contribution is 5.78. The highest BCUT2D eigenvalue weighted by atomic mass is 16.5. The Morgan fingerprint density at radius 3 is 2.60 bits per heavy atom. The number of hydrogen-bond acceptors (Lipinski definition) is 3. The summed E-state index contributed by atoms with van der Waals surface area (Å²) in [5.41, 5.74) is 1.15. The second kappa shape index (κ2) is 8.02. The van der Waals surface area contributed by atoms with Crippen LogP contribution in [0.4, 0.5) is 0 Å². The Hall–Kier alpha value is -1.39. The Bertz CT molecular complexity index is 402. The molecule has 1 aliphatic heterocycles. The molecule has 0 spiro atoms. The summed E-state index contributed by atoms with van der Waals surface area (Å²) in [5, 5.41) is 3.32. The van der Waals surface area contributed by atoms with Gasteiger partial charge in [0.15, 0.2) is 0 Å². The molecule has 1 N–H and O–H groups in total. The molecular formula is C16H24N2O2. The Morgan fingerprint density at radius 2 is 1.95 bits per heavy atom. The summed E-state index contributed by atoms with van der Waals surface area (Å²) in [6.07, 6.45) is 3.51. The van der Waals surface area contributed by atoms with Gasteiger partial charge in [0, 0.05) is 20.2 Å². The van der Waals surface area contributed by atoms with Crippen molar-refractivity contribution in [2.45, 2.75) is 25.3 Å². The number of benzene rings is 1. The summed E-state index contributed by atoms with van der Waals surface area (Å²) >= 11 is 0. The Balaban J connectivity index is 1.87. The standard InChI is InChI=1S/C16H24N2O2/c1-20-13-15(14-8-4-2-5-9-14)17-12-16(19)18-10-6-3-7-11-18/h2,4-5,8-9,15,17H,3,6-7,10-13H2,1H3/t15-/m0/s1. The average Bonchev–Trinajstić information content (AvgIpc) is 2.53. The van der Waals surface area contributed by atoms with Gasteiger partial charge < -0.3 is 9.64 Å². The molecule has 2 rings (SSSR count). The highest BCUT2D eigenvalue weighted by Crippen LogP contribution is 2.13. The molecule has 1 aromatic rings. The molecule has 0 saturated carbocycles. The van der Waals surface area contributed by atoms with Gasteiger partial charge in [0.25, 0.3) is 0 Å². The summed E-state index contributed by atoms with van der Waals surface area (Å²) in [6, 6.07) is 10.2. The van der Waals surface area contributed by atoms with Crippen molar-refractivity contribution in [2.24, 2.45) is 0 Å². The third-order valence-corrected chi connectivity index (χ3v) is 3.74. The fraction of sp³-hybridized carbons (Fsp3) is 0.562. The Morgan fingerprint density at radius 1 is 1.25 bits per heavy atom. The minimum atomic E-state index is 0.0648. The minimum Gasteiger partial charge on any atom is -0.383 e. The van der Waals surface area contributed by atoms with Crippen molar-refractivity contribution in [3.05, 3.63) is 35.9 Å². The lowest BCUT2D eigenvalue weighted by Crippen LogP contribution is -2.42. The van der Waals surface area contributed by atoms with Crippen LogP contribution in [0.5, 0.6) is 0 Å². The fourth-order valence-electron chi connectivity index (χ4n) is 2.59. The maximum atomic E-state index is 12.2. The molecule has 1 atom stereocenters. The lowest BCUT2D eigenvalue weighted by atomic mass is 10.1. The topological polar surface area (TPSA) is 41.6 Å². The van der Waals surface area contributed by atoms with Gasteiger partial charge in [-0.3, -0.25) is 10.1 Å². The number of carbonyl (C=O) groups is 1. The van der Waals surface area contributed by atoms with E-state index in [0.717, 1.165) is 31.5 Å². The van der Waals surface area contributed by atoms with E-state index in [2.05, 4.69) is 17.4 Å². The van der Waals surface area contributed by atoms with Crippen LogP contribution in [0.2, 0.25) is 0 Å². The van der Waals surface area contributed by atoms with Crippen molar-refractivity contribution in [3.63, 3.8) is 0 Å². The molecule has 1 amide bonds. The molecule has 0 aliphatic carbocycles. The van der Waals surface area contributed by atoms with Crippen molar-refractivity contribution in [1.29, 1.82) is 0 Å². The average molecular weight is 276 g/mol. The van der Waals surface area contributed by atoms with Crippen molar-refractivity contribution >= 4 is 5.91 Å². The summed E-state index contributed by atoms with van der Waals surface area (Å²) in [6.45, 7) is 2.75. The third kappa shape index (κ3) is 4.32. The monoisotopic (exact) mass is 276 g/mol. The Labute approximate surface area is 121 Å². The van der Waals surface area contributed by atoms with Crippen molar-refractivity contribution in [1.82, 2.24) is 10.2 Å². The maximum Gasteiger partial charge on any atom is 0.236 e. The van der Waals surface area contributed by atoms with E-state index in [4.69, 9.17) is 4.74 Å². The van der Waals surface area contributed by atoms with E-state index in [0.29, 0.717) is 13.2 Å². The fourth-order valence-corrected chi connectivity index (χ4v) is 2.59. The van der Waals surface area contributed by atoms with Crippen LogP contribution in [-0.4, -0.2) is 44.2 Å². The number of rotatable bonds is 6. The number of nitrogens with one attached hydrogen (secondary N) is 1. The van der Waals surface area contributed by atoms with Crippen LogP contribution in [0.1, 0.15) is 30.9 Å². The molecule has 0 unspecified atom stereocenters. The van der Waals surface area contributed by atoms with E-state index in [1.165, 1.54) is 6.42 Å². The van der Waals surface area contributed by atoms with Gasteiger partial charge in [0.05, 0.1) is 19.2 Å². The molecule has 1 fully saturated rings. The van der Waals surface area contributed by atoms with Gasteiger partial charge in [-0.1, -0.05) is 30.3 Å². The number of likely N-dealkylation sites (tertiary alicyclic amines) is 1. The second-order valence-electron chi connectivity index (χ2n) is 5.24. The summed E-state index contributed by atoms with van der Waals surface area (Å²) < 4.78 is 5.25. The van der Waals surface area contributed by atoms with Gasteiger partial charge in [-0.25, -0.2) is 0 Å². The van der Waals surface area contributed by atoms with Crippen LogP contribution < -0.4 is 5.32 Å². The zero-order valence-corrected chi connectivity index (χ0v) is 12.2. The zero-order chi connectivity index (χ0) is 14.2. The third-order valence-electron chi connectivity index (χ3n) is 3.74. The van der Waals surface area contributed by atoms with Crippen LogP contribution in [-0.2, 0) is 9.53 Å². The summed E-state index contributed by atoms with van der Waals surface area (Å²) in [4.78, 5) is 14.1. The molecular weight excluding hydrogens is 252 g/mol. The second-order valence-corrected chi connectivity index (χ2v) is 5.24. The first-order chi connectivity index (χ1) is 9.81. The van der Waals surface area contributed by atoms with E-state index in [1.54, 1.807) is 7.11 Å². The zero-order valence-electron chi connectivity index (χ0n) is 12.2. The lowest BCUT2D eigenvalue weighted by Gasteiger charge is -2.28. The van der Waals surface area contributed by atoms with Crippen molar-refractivity contribution in [3.8, 4) is 0 Å². The molecule has 0 aromatic heterocycles. The van der Waals surface area contributed by atoms with Crippen molar-refractivity contribution in [2.75, 3.05) is 33.4 Å². The molecule has 1 aromatic carbocycles. The number of piperidine rings is 1. The van der Waals surface area contributed by atoms with E-state index in [9.17, 15) is 4.79 Å². The number of amides is 1. The van der Waals surface area contributed by atoms with Crippen LogP contribution in [0, 0.1) is 0 Å². The molecule has 0 bridgehead atoms. The predicted octanol–water partition coefficient (Wildman–Crippen LogP) is 1.98. The van der Waals surface area contributed by atoms with Gasteiger partial charge in [-0.2, -0.15) is 0 Å². The molecule has 4 heteroatoms. The van der Waals surface area contributed by atoms with Gasteiger partial charge in [-0.15, -0.1) is 0 Å². The van der Waals surface area contributed by atoms with Crippen LogP contribution in [0.25, 0.3) is 0 Å². The van der Waals surface area contributed by atoms with Crippen LogP contribution >= 0.6 is 0 Å². The van der Waals surface area contributed by atoms with E-state index < -0.39 is 0 Å². The lowest BCUT2D eigenvalue weighted by molar-refractivity contribution is -0.131.